The molecule has 1 aromatic heterocycles. The summed E-state index contributed by atoms with van der Waals surface area (Å²) in [5.74, 6) is 0.791. The SMILES string of the molecule is NC(c1ccccc1)c1cncn1CC1CCCCC1. The van der Waals surface area contributed by atoms with Crippen LogP contribution in [0.4, 0.5) is 0 Å². The third-order valence-corrected chi connectivity index (χ3v) is 4.40. The smallest absolute Gasteiger partial charge is 0.0948 e. The molecule has 1 fully saturated rings. The quantitative estimate of drug-likeness (QED) is 0.923. The minimum Gasteiger partial charge on any atom is -0.333 e. The van der Waals surface area contributed by atoms with E-state index in [0.29, 0.717) is 0 Å². The molecule has 1 unspecified atom stereocenters. The molecule has 106 valence electrons. The van der Waals surface area contributed by atoms with Crippen molar-refractivity contribution in [3.63, 3.8) is 0 Å². The van der Waals surface area contributed by atoms with Gasteiger partial charge < -0.3 is 10.3 Å². The molecule has 3 nitrogen and oxygen atoms in total. The summed E-state index contributed by atoms with van der Waals surface area (Å²) >= 11 is 0. The minimum atomic E-state index is -0.0812. The first kappa shape index (κ1) is 13.4. The van der Waals surface area contributed by atoms with Crippen LogP contribution in [0.1, 0.15) is 49.4 Å². The third kappa shape index (κ3) is 2.93. The van der Waals surface area contributed by atoms with Crippen LogP contribution in [0.25, 0.3) is 0 Å². The summed E-state index contributed by atoms with van der Waals surface area (Å²) in [5, 5.41) is 0. The van der Waals surface area contributed by atoms with E-state index in [1.165, 1.54) is 32.1 Å². The maximum absolute atomic E-state index is 6.41. The lowest BCUT2D eigenvalue weighted by molar-refractivity contribution is 0.315. The second-order valence-electron chi connectivity index (χ2n) is 5.86. The van der Waals surface area contributed by atoms with Gasteiger partial charge in [-0.25, -0.2) is 4.98 Å². The topological polar surface area (TPSA) is 43.8 Å². The number of aromatic nitrogens is 2. The first-order valence-corrected chi connectivity index (χ1v) is 7.65. The second-order valence-corrected chi connectivity index (χ2v) is 5.86. The maximum atomic E-state index is 6.41. The Kier molecular flexibility index (Phi) is 4.16. The molecule has 0 radical (unpaired) electrons. The summed E-state index contributed by atoms with van der Waals surface area (Å²) < 4.78 is 2.26. The van der Waals surface area contributed by atoms with E-state index < -0.39 is 0 Å². The number of benzene rings is 1. The summed E-state index contributed by atoms with van der Waals surface area (Å²) in [6, 6.07) is 10.2. The van der Waals surface area contributed by atoms with E-state index in [2.05, 4.69) is 21.7 Å². The molecule has 0 bridgehead atoms. The van der Waals surface area contributed by atoms with Crippen LogP contribution in [0.5, 0.6) is 0 Å². The Morgan fingerprint density at radius 2 is 1.90 bits per heavy atom. The van der Waals surface area contributed by atoms with Gasteiger partial charge in [-0.3, -0.25) is 0 Å². The first-order valence-electron chi connectivity index (χ1n) is 7.65. The lowest BCUT2D eigenvalue weighted by atomic mass is 9.89. The van der Waals surface area contributed by atoms with Crippen LogP contribution >= 0.6 is 0 Å². The molecule has 1 saturated carbocycles. The fourth-order valence-electron chi connectivity index (χ4n) is 3.22. The van der Waals surface area contributed by atoms with E-state index in [0.717, 1.165) is 23.7 Å². The Balaban J connectivity index is 1.75. The van der Waals surface area contributed by atoms with E-state index in [4.69, 9.17) is 5.73 Å². The van der Waals surface area contributed by atoms with Crippen molar-refractivity contribution < 1.29 is 0 Å². The van der Waals surface area contributed by atoms with Crippen LogP contribution in [0.15, 0.2) is 42.9 Å². The standard InChI is InChI=1S/C17H23N3/c18-17(15-9-5-2-6-10-15)16-11-19-13-20(16)12-14-7-3-1-4-8-14/h2,5-6,9-11,13-14,17H,1,3-4,7-8,12,18H2. The fraction of sp³-hybridized carbons (Fsp3) is 0.471. The number of imidazole rings is 1. The average Bonchev–Trinajstić information content (AvgIpc) is 2.96. The highest BCUT2D eigenvalue weighted by atomic mass is 15.1. The molecule has 20 heavy (non-hydrogen) atoms. The molecule has 3 heteroatoms. The van der Waals surface area contributed by atoms with Gasteiger partial charge in [0.15, 0.2) is 0 Å². The molecule has 1 aromatic carbocycles. The molecule has 1 aliphatic carbocycles. The maximum Gasteiger partial charge on any atom is 0.0948 e. The van der Waals surface area contributed by atoms with Crippen LogP contribution in [-0.2, 0) is 6.54 Å². The van der Waals surface area contributed by atoms with Crippen molar-refractivity contribution in [2.24, 2.45) is 11.7 Å². The van der Waals surface area contributed by atoms with Gasteiger partial charge in [0.25, 0.3) is 0 Å². The van der Waals surface area contributed by atoms with E-state index in [-0.39, 0.29) is 6.04 Å². The van der Waals surface area contributed by atoms with Gasteiger partial charge in [0.2, 0.25) is 0 Å². The molecule has 0 spiro atoms. The number of rotatable bonds is 4. The highest BCUT2D eigenvalue weighted by molar-refractivity contribution is 5.26. The largest absolute Gasteiger partial charge is 0.333 e. The van der Waals surface area contributed by atoms with Gasteiger partial charge in [0, 0.05) is 6.54 Å². The molecule has 0 saturated heterocycles. The van der Waals surface area contributed by atoms with Crippen molar-refractivity contribution in [3.8, 4) is 0 Å². The Morgan fingerprint density at radius 1 is 1.15 bits per heavy atom. The minimum absolute atomic E-state index is 0.0812. The number of hydrogen-bond acceptors (Lipinski definition) is 2. The summed E-state index contributed by atoms with van der Waals surface area (Å²) in [4.78, 5) is 4.32. The van der Waals surface area contributed by atoms with E-state index in [1.54, 1.807) is 0 Å². The Bertz CT molecular complexity index is 526. The van der Waals surface area contributed by atoms with Crippen LogP contribution in [-0.4, -0.2) is 9.55 Å². The van der Waals surface area contributed by atoms with Crippen molar-refractivity contribution in [1.82, 2.24) is 9.55 Å². The normalized spacial score (nSPS) is 18.1. The van der Waals surface area contributed by atoms with Gasteiger partial charge in [0.1, 0.15) is 0 Å². The summed E-state index contributed by atoms with van der Waals surface area (Å²) in [5.41, 5.74) is 8.68. The van der Waals surface area contributed by atoms with E-state index in [9.17, 15) is 0 Å². The molecule has 1 heterocycles. The van der Waals surface area contributed by atoms with Crippen molar-refractivity contribution in [1.29, 1.82) is 0 Å². The van der Waals surface area contributed by atoms with Crippen molar-refractivity contribution in [2.75, 3.05) is 0 Å². The highest BCUT2D eigenvalue weighted by Gasteiger charge is 2.18. The molecule has 2 N–H and O–H groups in total. The molecular weight excluding hydrogens is 246 g/mol. The molecule has 3 rings (SSSR count). The zero-order chi connectivity index (χ0) is 13.8. The van der Waals surface area contributed by atoms with E-state index >= 15 is 0 Å². The highest BCUT2D eigenvalue weighted by Crippen LogP contribution is 2.27. The average molecular weight is 269 g/mol. The van der Waals surface area contributed by atoms with E-state index in [1.807, 2.05) is 30.7 Å². The molecule has 2 aromatic rings. The Hall–Kier alpha value is -1.61. The van der Waals surface area contributed by atoms with Crippen LogP contribution in [0.3, 0.4) is 0 Å². The van der Waals surface area contributed by atoms with Gasteiger partial charge in [-0.1, -0.05) is 49.6 Å². The van der Waals surface area contributed by atoms with Gasteiger partial charge in [-0.05, 0) is 24.3 Å². The molecule has 1 atom stereocenters. The van der Waals surface area contributed by atoms with Gasteiger partial charge in [0.05, 0.1) is 24.3 Å². The first-order chi connectivity index (χ1) is 9.84. The lowest BCUT2D eigenvalue weighted by Crippen LogP contribution is -2.20. The molecule has 0 aliphatic heterocycles. The van der Waals surface area contributed by atoms with Crippen LogP contribution in [0.2, 0.25) is 0 Å². The lowest BCUT2D eigenvalue weighted by Gasteiger charge is -2.24. The van der Waals surface area contributed by atoms with Crippen LogP contribution in [0, 0.1) is 5.92 Å². The predicted molar refractivity (Wildman–Crippen MR) is 81.3 cm³/mol. The zero-order valence-electron chi connectivity index (χ0n) is 11.9. The predicted octanol–water partition coefficient (Wildman–Crippen LogP) is 3.51. The number of nitrogens with two attached hydrogens (primary N) is 1. The van der Waals surface area contributed by atoms with Gasteiger partial charge in [-0.2, -0.15) is 0 Å². The molecule has 1 aliphatic rings. The van der Waals surface area contributed by atoms with Crippen molar-refractivity contribution in [3.05, 3.63) is 54.1 Å². The monoisotopic (exact) mass is 269 g/mol. The Morgan fingerprint density at radius 3 is 2.65 bits per heavy atom. The summed E-state index contributed by atoms with van der Waals surface area (Å²) in [6.07, 6.45) is 10.7. The van der Waals surface area contributed by atoms with Crippen LogP contribution < -0.4 is 5.73 Å². The van der Waals surface area contributed by atoms with Crippen molar-refractivity contribution in [2.45, 2.75) is 44.7 Å². The van der Waals surface area contributed by atoms with Gasteiger partial charge in [-0.15, -0.1) is 0 Å². The van der Waals surface area contributed by atoms with Gasteiger partial charge >= 0.3 is 0 Å². The van der Waals surface area contributed by atoms with Crippen molar-refractivity contribution >= 4 is 0 Å². The number of nitrogens with zero attached hydrogens (tertiary/aromatic N) is 2. The summed E-state index contributed by atoms with van der Waals surface area (Å²) in [6.45, 7) is 1.07. The zero-order valence-corrected chi connectivity index (χ0v) is 11.9. The molecule has 0 amide bonds. The number of hydrogen-bond donors (Lipinski definition) is 1. The Labute approximate surface area is 120 Å². The third-order valence-electron chi connectivity index (χ3n) is 4.40. The summed E-state index contributed by atoms with van der Waals surface area (Å²) in [7, 11) is 0. The fourth-order valence-corrected chi connectivity index (χ4v) is 3.22. The molecular formula is C17H23N3. The second kappa shape index (κ2) is 6.23.